The molecule has 2 aromatic rings. The zero-order valence-electron chi connectivity index (χ0n) is 24.1. The van der Waals surface area contributed by atoms with Crippen molar-refractivity contribution in [3.05, 3.63) is 41.2 Å². The van der Waals surface area contributed by atoms with E-state index >= 15 is 8.78 Å². The van der Waals surface area contributed by atoms with Gasteiger partial charge in [0, 0.05) is 58.7 Å². The summed E-state index contributed by atoms with van der Waals surface area (Å²) in [5.41, 5.74) is 0.999. The van der Waals surface area contributed by atoms with E-state index in [0.29, 0.717) is 55.9 Å². The minimum absolute atomic E-state index is 0.136. The molecule has 224 valence electrons. The van der Waals surface area contributed by atoms with Crippen LogP contribution in [-0.4, -0.2) is 84.0 Å². The molecule has 0 radical (unpaired) electrons. The lowest BCUT2D eigenvalue weighted by molar-refractivity contribution is 0.0414. The summed E-state index contributed by atoms with van der Waals surface area (Å²) in [7, 11) is 1.73. The molecule has 41 heavy (non-hydrogen) atoms. The quantitative estimate of drug-likeness (QED) is 0.370. The van der Waals surface area contributed by atoms with Crippen LogP contribution in [-0.2, 0) is 15.9 Å². The maximum atomic E-state index is 15.1. The molecule has 11 heteroatoms. The summed E-state index contributed by atoms with van der Waals surface area (Å²) in [6.07, 6.45) is 6.35. The lowest BCUT2D eigenvalue weighted by Gasteiger charge is -2.32. The van der Waals surface area contributed by atoms with Gasteiger partial charge in [-0.05, 0) is 63.5 Å². The molecule has 0 bridgehead atoms. The van der Waals surface area contributed by atoms with E-state index in [2.05, 4.69) is 14.9 Å². The van der Waals surface area contributed by atoms with Gasteiger partial charge in [0.15, 0.2) is 11.6 Å². The van der Waals surface area contributed by atoms with Crippen molar-refractivity contribution < 1.29 is 32.5 Å². The standard InChI is InChI=1S/C30H40F2N4O5/c1-19(2)39-30(37)36-14-9-23(10-15-36)40-28-27(20-4-5-20)29(34-18-33-28)41-26-17-24(31)21(16-25(26)32)6-11-35-12-7-22(38-3)8-13-35/h16-20,22-23H,4-15H2,1-3H3. The first-order valence-corrected chi connectivity index (χ1v) is 14.7. The van der Waals surface area contributed by atoms with Gasteiger partial charge < -0.3 is 28.7 Å². The van der Waals surface area contributed by atoms with Crippen molar-refractivity contribution in [3.63, 3.8) is 0 Å². The molecule has 2 saturated heterocycles. The molecule has 0 N–H and O–H groups in total. The van der Waals surface area contributed by atoms with E-state index in [9.17, 15) is 4.79 Å². The van der Waals surface area contributed by atoms with Gasteiger partial charge >= 0.3 is 6.09 Å². The average molecular weight is 575 g/mol. The molecule has 5 rings (SSSR count). The lowest BCUT2D eigenvalue weighted by Crippen LogP contribution is -2.42. The number of likely N-dealkylation sites (tertiary alicyclic amines) is 2. The number of aromatic nitrogens is 2. The monoisotopic (exact) mass is 574 g/mol. The van der Waals surface area contributed by atoms with Crippen LogP contribution in [0.3, 0.4) is 0 Å². The van der Waals surface area contributed by atoms with Crippen LogP contribution in [0.15, 0.2) is 18.5 Å². The third-order valence-corrected chi connectivity index (χ3v) is 7.98. The normalized spacial score (nSPS) is 19.0. The average Bonchev–Trinajstić information content (AvgIpc) is 3.80. The zero-order chi connectivity index (χ0) is 28.9. The van der Waals surface area contributed by atoms with Gasteiger partial charge in [0.25, 0.3) is 0 Å². The van der Waals surface area contributed by atoms with Crippen LogP contribution in [0.25, 0.3) is 0 Å². The fourth-order valence-electron chi connectivity index (χ4n) is 5.44. The van der Waals surface area contributed by atoms with E-state index in [1.807, 2.05) is 13.8 Å². The molecule has 3 heterocycles. The van der Waals surface area contributed by atoms with Gasteiger partial charge in [0.2, 0.25) is 11.8 Å². The van der Waals surface area contributed by atoms with Crippen molar-refractivity contribution in [1.82, 2.24) is 19.8 Å². The highest BCUT2D eigenvalue weighted by Crippen LogP contribution is 2.48. The van der Waals surface area contributed by atoms with Gasteiger partial charge in [0.1, 0.15) is 18.2 Å². The Morgan fingerprint density at radius 3 is 2.29 bits per heavy atom. The molecule has 0 spiro atoms. The Kier molecular flexibility index (Phi) is 9.54. The number of carbonyl (C=O) groups is 1. The van der Waals surface area contributed by atoms with Crippen LogP contribution in [0.4, 0.5) is 13.6 Å². The number of nitrogens with zero attached hydrogens (tertiary/aromatic N) is 4. The second-order valence-corrected chi connectivity index (χ2v) is 11.4. The number of halogens is 2. The minimum Gasteiger partial charge on any atom is -0.474 e. The molecule has 0 atom stereocenters. The summed E-state index contributed by atoms with van der Waals surface area (Å²) in [6, 6.07) is 2.33. The van der Waals surface area contributed by atoms with Crippen molar-refractivity contribution in [2.45, 2.75) is 83.0 Å². The molecule has 1 aromatic carbocycles. The third kappa shape index (κ3) is 7.62. The number of piperidine rings is 2. The first-order chi connectivity index (χ1) is 19.8. The maximum absolute atomic E-state index is 15.1. The number of ether oxygens (including phenoxy) is 4. The van der Waals surface area contributed by atoms with Gasteiger partial charge in [-0.2, -0.15) is 0 Å². The summed E-state index contributed by atoms with van der Waals surface area (Å²) in [4.78, 5) is 24.8. The largest absolute Gasteiger partial charge is 0.474 e. The van der Waals surface area contributed by atoms with Gasteiger partial charge in [-0.1, -0.05) is 0 Å². The third-order valence-electron chi connectivity index (χ3n) is 7.98. The van der Waals surface area contributed by atoms with Gasteiger partial charge in [0.05, 0.1) is 17.8 Å². The summed E-state index contributed by atoms with van der Waals surface area (Å²) in [5, 5.41) is 0. The molecule has 1 saturated carbocycles. The van der Waals surface area contributed by atoms with Crippen LogP contribution >= 0.6 is 0 Å². The number of rotatable bonds is 10. The second kappa shape index (κ2) is 13.3. The van der Waals surface area contributed by atoms with Crippen LogP contribution in [0.1, 0.15) is 69.4 Å². The number of hydrogen-bond acceptors (Lipinski definition) is 8. The molecule has 1 aliphatic carbocycles. The highest BCUT2D eigenvalue weighted by atomic mass is 19.1. The minimum atomic E-state index is -0.636. The topological polar surface area (TPSA) is 86.3 Å². The molecule has 1 amide bonds. The summed E-state index contributed by atoms with van der Waals surface area (Å²) >= 11 is 0. The lowest BCUT2D eigenvalue weighted by atomic mass is 10.1. The summed E-state index contributed by atoms with van der Waals surface area (Å²) in [6.45, 7) is 7.11. The van der Waals surface area contributed by atoms with Crippen molar-refractivity contribution >= 4 is 6.09 Å². The van der Waals surface area contributed by atoms with Crippen LogP contribution in [0, 0.1) is 11.6 Å². The number of amides is 1. The number of hydrogen-bond donors (Lipinski definition) is 0. The second-order valence-electron chi connectivity index (χ2n) is 11.4. The van der Waals surface area contributed by atoms with Crippen LogP contribution in [0.5, 0.6) is 17.5 Å². The summed E-state index contributed by atoms with van der Waals surface area (Å²) < 4.78 is 53.0. The first-order valence-electron chi connectivity index (χ1n) is 14.7. The van der Waals surface area contributed by atoms with E-state index in [4.69, 9.17) is 18.9 Å². The van der Waals surface area contributed by atoms with Gasteiger partial charge in [-0.25, -0.2) is 23.5 Å². The predicted octanol–water partition coefficient (Wildman–Crippen LogP) is 5.47. The molecule has 3 fully saturated rings. The Labute approximate surface area is 240 Å². The van der Waals surface area contributed by atoms with E-state index in [1.165, 1.54) is 12.4 Å². The molecule has 0 unspecified atom stereocenters. The van der Waals surface area contributed by atoms with Crippen LogP contribution < -0.4 is 9.47 Å². The molecule has 3 aliphatic rings. The highest BCUT2D eigenvalue weighted by molar-refractivity contribution is 5.67. The number of benzene rings is 1. The van der Waals surface area contributed by atoms with E-state index in [1.54, 1.807) is 12.0 Å². The molecular formula is C30H40F2N4O5. The zero-order valence-corrected chi connectivity index (χ0v) is 24.1. The van der Waals surface area contributed by atoms with Gasteiger partial charge in [-0.15, -0.1) is 0 Å². The number of carbonyl (C=O) groups excluding carboxylic acids is 1. The van der Waals surface area contributed by atoms with E-state index in [-0.39, 0.29) is 42.0 Å². The Morgan fingerprint density at radius 2 is 1.63 bits per heavy atom. The SMILES string of the molecule is COC1CCN(CCc2cc(F)c(Oc3ncnc(OC4CCN(C(=O)OC(C)C)CC4)c3C3CC3)cc2F)CC1. The smallest absolute Gasteiger partial charge is 0.410 e. The fourth-order valence-corrected chi connectivity index (χ4v) is 5.44. The fraction of sp³-hybridized carbons (Fsp3) is 0.633. The predicted molar refractivity (Wildman–Crippen MR) is 147 cm³/mol. The molecular weight excluding hydrogens is 534 g/mol. The van der Waals surface area contributed by atoms with E-state index in [0.717, 1.165) is 44.8 Å². The van der Waals surface area contributed by atoms with Crippen molar-refractivity contribution in [3.8, 4) is 17.5 Å². The van der Waals surface area contributed by atoms with Gasteiger partial charge in [-0.3, -0.25) is 0 Å². The molecule has 9 nitrogen and oxygen atoms in total. The Bertz CT molecular complexity index is 1200. The van der Waals surface area contributed by atoms with Crippen molar-refractivity contribution in [2.24, 2.45) is 0 Å². The molecule has 1 aromatic heterocycles. The van der Waals surface area contributed by atoms with Crippen molar-refractivity contribution in [1.29, 1.82) is 0 Å². The Balaban J connectivity index is 1.22. The van der Waals surface area contributed by atoms with Crippen molar-refractivity contribution in [2.75, 3.05) is 39.8 Å². The highest BCUT2D eigenvalue weighted by Gasteiger charge is 2.34. The molecule has 2 aliphatic heterocycles. The maximum Gasteiger partial charge on any atom is 0.410 e. The summed E-state index contributed by atoms with van der Waals surface area (Å²) in [5.74, 6) is -0.636. The Hall–Kier alpha value is -3.05. The first kappa shape index (κ1) is 29.4. The number of methoxy groups -OCH3 is 1. The van der Waals surface area contributed by atoms with E-state index < -0.39 is 11.6 Å². The van der Waals surface area contributed by atoms with Crippen LogP contribution in [0.2, 0.25) is 0 Å². The Morgan fingerprint density at radius 1 is 0.951 bits per heavy atom.